The minimum absolute atomic E-state index is 0. The fraction of sp³-hybridized carbons (Fsp3) is 0.929. The molecule has 0 spiro atoms. The number of hydrogen-bond donors (Lipinski definition) is 2. The average molecular weight is 299 g/mol. The molecule has 0 heterocycles. The lowest BCUT2D eigenvalue weighted by Gasteiger charge is -2.10. The van der Waals surface area contributed by atoms with E-state index in [-0.39, 0.29) is 12.4 Å². The Morgan fingerprint density at radius 2 is 0.842 bits per heavy atom. The van der Waals surface area contributed by atoms with E-state index < -0.39 is 5.97 Å². The van der Waals surface area contributed by atoms with Crippen LogP contribution in [0.4, 0.5) is 0 Å². The summed E-state index contributed by atoms with van der Waals surface area (Å²) in [5.41, 5.74) is 0. The normalized spacial score (nSPS) is 8.89. The van der Waals surface area contributed by atoms with Crippen LogP contribution >= 0.6 is 0 Å². The first-order chi connectivity index (χ1) is 8.42. The minimum Gasteiger partial charge on any atom is -1.00 e. The summed E-state index contributed by atoms with van der Waals surface area (Å²) in [4.78, 5) is 12.2. The molecule has 4 nitrogen and oxygen atoms in total. The summed E-state index contributed by atoms with van der Waals surface area (Å²) in [6.45, 7) is 21.9. The third kappa shape index (κ3) is 31.9. The molecular formula is C14H35ClN2O2. The van der Waals surface area contributed by atoms with Crippen LogP contribution in [0.25, 0.3) is 0 Å². The van der Waals surface area contributed by atoms with Gasteiger partial charge in [0, 0.05) is 5.97 Å². The predicted molar refractivity (Wildman–Crippen MR) is 75.9 cm³/mol. The molecule has 0 aliphatic rings. The van der Waals surface area contributed by atoms with Crippen LogP contribution in [0.2, 0.25) is 0 Å². The summed E-state index contributed by atoms with van der Waals surface area (Å²) in [5, 5.41) is 8.89. The first-order valence-corrected chi connectivity index (χ1v) is 7.27. The van der Waals surface area contributed by atoms with Gasteiger partial charge in [-0.05, 0) is 48.5 Å². The summed E-state index contributed by atoms with van der Waals surface area (Å²) >= 11 is 0. The summed E-state index contributed by atoms with van der Waals surface area (Å²) in [5.74, 6) is -1.08. The smallest absolute Gasteiger partial charge is 0.0742 e. The van der Waals surface area contributed by atoms with E-state index in [4.69, 9.17) is 9.90 Å². The number of aliphatic carboxylic acids is 1. The van der Waals surface area contributed by atoms with Crippen molar-refractivity contribution >= 4 is 5.97 Å². The van der Waals surface area contributed by atoms with Gasteiger partial charge in [-0.15, -0.1) is 0 Å². The molecule has 0 unspecified atom stereocenters. The van der Waals surface area contributed by atoms with Crippen LogP contribution in [0.15, 0.2) is 0 Å². The second kappa shape index (κ2) is 22.8. The number of carboxylic acid groups (broad SMARTS) is 1. The Kier molecular flexibility index (Phi) is 32.6. The van der Waals surface area contributed by atoms with Crippen molar-refractivity contribution < 1.29 is 32.1 Å². The Bertz CT molecular complexity index is 135. The fourth-order valence-electron chi connectivity index (χ4n) is 1.50. The molecule has 0 amide bonds. The third-order valence-corrected chi connectivity index (χ3v) is 3.00. The zero-order valence-electron chi connectivity index (χ0n) is 13.9. The highest BCUT2D eigenvalue weighted by Gasteiger charge is 1.93. The number of carbonyl (C=O) groups is 1. The van der Waals surface area contributed by atoms with E-state index >= 15 is 0 Å². The van der Waals surface area contributed by atoms with Gasteiger partial charge in [0.05, 0.1) is 39.3 Å². The Balaban J connectivity index is -0.0000000900. The highest BCUT2D eigenvalue weighted by Crippen LogP contribution is 1.46. The Morgan fingerprint density at radius 1 is 0.737 bits per heavy atom. The van der Waals surface area contributed by atoms with Gasteiger partial charge in [0.15, 0.2) is 0 Å². The van der Waals surface area contributed by atoms with E-state index in [9.17, 15) is 0 Å². The number of hydrogen-bond acceptors (Lipinski definition) is 2. The van der Waals surface area contributed by atoms with Crippen LogP contribution in [-0.4, -0.2) is 45.2 Å². The molecule has 5 heteroatoms. The predicted octanol–water partition coefficient (Wildman–Crippen LogP) is -4.38. The first kappa shape index (κ1) is 27.1. The number of rotatable bonds is 6. The van der Waals surface area contributed by atoms with E-state index in [2.05, 4.69) is 41.5 Å². The van der Waals surface area contributed by atoms with Gasteiger partial charge < -0.3 is 32.1 Å². The molecule has 0 fully saturated rings. The van der Waals surface area contributed by atoms with Crippen LogP contribution in [0.5, 0.6) is 0 Å². The lowest BCUT2D eigenvalue weighted by molar-refractivity contribution is -0.894. The van der Waals surface area contributed by atoms with Gasteiger partial charge in [0.25, 0.3) is 0 Å². The van der Waals surface area contributed by atoms with E-state index in [1.807, 2.05) is 0 Å². The summed E-state index contributed by atoms with van der Waals surface area (Å²) in [6.07, 6.45) is 0. The van der Waals surface area contributed by atoms with Gasteiger partial charge >= 0.3 is 0 Å². The van der Waals surface area contributed by atoms with Gasteiger partial charge in [0.2, 0.25) is 0 Å². The molecule has 0 saturated carbocycles. The van der Waals surface area contributed by atoms with Crippen molar-refractivity contribution in [2.75, 3.05) is 39.3 Å². The maximum Gasteiger partial charge on any atom is 0.0742 e. The van der Waals surface area contributed by atoms with E-state index in [1.54, 1.807) is 9.80 Å². The van der Waals surface area contributed by atoms with Crippen LogP contribution in [0.3, 0.4) is 0 Å². The average Bonchev–Trinajstić information content (AvgIpc) is 2.34. The molecule has 0 bridgehead atoms. The molecule has 0 aliphatic heterocycles. The Labute approximate surface area is 126 Å². The molecule has 0 radical (unpaired) electrons. The maximum absolute atomic E-state index is 8.89. The number of carbonyl (C=O) groups excluding carboxylic acids is 1. The van der Waals surface area contributed by atoms with E-state index in [0.717, 1.165) is 6.92 Å². The molecule has 0 saturated heterocycles. The fourth-order valence-corrected chi connectivity index (χ4v) is 1.50. The Morgan fingerprint density at radius 3 is 0.842 bits per heavy atom. The molecule has 0 rings (SSSR count). The Hall–Kier alpha value is -0.320. The van der Waals surface area contributed by atoms with Crippen LogP contribution in [0, 0.1) is 0 Å². The number of carboxylic acids is 1. The number of halogens is 1. The summed E-state index contributed by atoms with van der Waals surface area (Å²) in [7, 11) is 0. The second-order valence-electron chi connectivity index (χ2n) is 4.11. The maximum atomic E-state index is 8.89. The topological polar surface area (TPSA) is 49.0 Å². The monoisotopic (exact) mass is 298 g/mol. The molecule has 0 aromatic carbocycles. The van der Waals surface area contributed by atoms with Crippen molar-refractivity contribution in [1.29, 1.82) is 0 Å². The van der Waals surface area contributed by atoms with Crippen molar-refractivity contribution in [3.05, 3.63) is 0 Å². The lowest BCUT2D eigenvalue weighted by atomic mass is 10.5. The van der Waals surface area contributed by atoms with Crippen molar-refractivity contribution in [2.45, 2.75) is 48.5 Å². The van der Waals surface area contributed by atoms with E-state index in [0.29, 0.717) is 0 Å². The molecular weight excluding hydrogens is 264 g/mol. The molecule has 120 valence electrons. The lowest BCUT2D eigenvalue weighted by Crippen LogP contribution is -3.11. The summed E-state index contributed by atoms with van der Waals surface area (Å²) in [6, 6.07) is 0. The van der Waals surface area contributed by atoms with Gasteiger partial charge in [0.1, 0.15) is 0 Å². The molecule has 0 aromatic heterocycles. The third-order valence-electron chi connectivity index (χ3n) is 3.00. The first-order valence-electron chi connectivity index (χ1n) is 7.27. The largest absolute Gasteiger partial charge is 1.00 e. The molecule has 2 N–H and O–H groups in total. The molecule has 0 aromatic rings. The van der Waals surface area contributed by atoms with Gasteiger partial charge in [-0.1, -0.05) is 0 Å². The zero-order valence-corrected chi connectivity index (χ0v) is 14.7. The van der Waals surface area contributed by atoms with Crippen molar-refractivity contribution in [2.24, 2.45) is 0 Å². The zero-order chi connectivity index (χ0) is 15.0. The van der Waals surface area contributed by atoms with Crippen LogP contribution in [0.1, 0.15) is 48.5 Å². The molecule has 19 heavy (non-hydrogen) atoms. The van der Waals surface area contributed by atoms with E-state index in [1.165, 1.54) is 39.3 Å². The highest BCUT2D eigenvalue weighted by molar-refractivity contribution is 5.60. The highest BCUT2D eigenvalue weighted by atomic mass is 35.5. The SMILES string of the molecule is CC(=O)[O-].CC[NH+](CC)CC.CC[NH+](CC)CC.[Cl-]. The number of nitrogens with one attached hydrogen (secondary N) is 2. The van der Waals surface area contributed by atoms with Crippen LogP contribution in [-0.2, 0) is 4.79 Å². The summed E-state index contributed by atoms with van der Waals surface area (Å²) < 4.78 is 0. The second-order valence-corrected chi connectivity index (χ2v) is 4.11. The quantitative estimate of drug-likeness (QED) is 0.521. The van der Waals surface area contributed by atoms with Crippen molar-refractivity contribution in [3.8, 4) is 0 Å². The van der Waals surface area contributed by atoms with Crippen molar-refractivity contribution in [3.63, 3.8) is 0 Å². The van der Waals surface area contributed by atoms with Crippen molar-refractivity contribution in [1.82, 2.24) is 0 Å². The molecule has 0 atom stereocenters. The minimum atomic E-state index is -1.08. The van der Waals surface area contributed by atoms with Gasteiger partial charge in [-0.2, -0.15) is 0 Å². The van der Waals surface area contributed by atoms with Gasteiger partial charge in [-0.3, -0.25) is 0 Å². The molecule has 0 aliphatic carbocycles. The van der Waals surface area contributed by atoms with Gasteiger partial charge in [-0.25, -0.2) is 0 Å². The van der Waals surface area contributed by atoms with Crippen LogP contribution < -0.4 is 27.3 Å². The standard InChI is InChI=1S/2C6H15N.C2H4O2.ClH/c2*1-4-7(5-2)6-3;1-2(3)4;/h2*4-6H2,1-3H3;1H3,(H,3,4);1H. The number of quaternary nitrogens is 2.